The summed E-state index contributed by atoms with van der Waals surface area (Å²) in [6.45, 7) is 2.12. The Morgan fingerprint density at radius 3 is 2.52 bits per heavy atom. The van der Waals surface area contributed by atoms with E-state index < -0.39 is 0 Å². The smallest absolute Gasteiger partial charge is 0.136 e. The third-order valence-corrected chi connectivity index (χ3v) is 4.25. The van der Waals surface area contributed by atoms with E-state index in [1.54, 1.807) is 0 Å². The van der Waals surface area contributed by atoms with E-state index in [1.807, 2.05) is 12.1 Å². The molecule has 2 nitrogen and oxygen atoms in total. The first-order valence-corrected chi connectivity index (χ1v) is 7.13. The van der Waals surface area contributed by atoms with Crippen LogP contribution in [0.25, 0.3) is 43.7 Å². The van der Waals surface area contributed by atoms with Gasteiger partial charge >= 0.3 is 0 Å². The first-order valence-electron chi connectivity index (χ1n) is 7.13. The third kappa shape index (κ3) is 1.42. The molecule has 2 aromatic heterocycles. The van der Waals surface area contributed by atoms with Crippen molar-refractivity contribution in [2.24, 2.45) is 0 Å². The second kappa shape index (κ2) is 3.67. The lowest BCUT2D eigenvalue weighted by atomic mass is 10.1. The average molecular weight is 271 g/mol. The number of aromatic nitrogens is 1. The number of hydrogen-bond acceptors (Lipinski definition) is 1. The van der Waals surface area contributed by atoms with Gasteiger partial charge in [-0.3, -0.25) is 0 Å². The Balaban J connectivity index is 2.02. The van der Waals surface area contributed by atoms with Crippen LogP contribution in [0.5, 0.6) is 0 Å². The maximum absolute atomic E-state index is 6.00. The zero-order valence-electron chi connectivity index (χ0n) is 11.6. The number of H-pyrrole nitrogens is 1. The van der Waals surface area contributed by atoms with Crippen molar-refractivity contribution < 1.29 is 4.42 Å². The highest BCUT2D eigenvalue weighted by atomic mass is 16.3. The molecule has 0 unspecified atom stereocenters. The zero-order valence-corrected chi connectivity index (χ0v) is 11.6. The molecule has 0 aliphatic heterocycles. The summed E-state index contributed by atoms with van der Waals surface area (Å²) < 4.78 is 6.00. The van der Waals surface area contributed by atoms with Gasteiger partial charge in [-0.1, -0.05) is 29.8 Å². The van der Waals surface area contributed by atoms with Gasteiger partial charge < -0.3 is 9.40 Å². The molecule has 0 bridgehead atoms. The van der Waals surface area contributed by atoms with Crippen molar-refractivity contribution >= 4 is 43.7 Å². The quantitative estimate of drug-likeness (QED) is 0.394. The number of nitrogens with one attached hydrogen (secondary N) is 1. The van der Waals surface area contributed by atoms with E-state index in [2.05, 4.69) is 54.4 Å². The van der Waals surface area contributed by atoms with Crippen LogP contribution >= 0.6 is 0 Å². The summed E-state index contributed by atoms with van der Waals surface area (Å²) in [6, 6.07) is 19.1. The van der Waals surface area contributed by atoms with Gasteiger partial charge in [-0.05, 0) is 37.3 Å². The van der Waals surface area contributed by atoms with Crippen LogP contribution in [0.4, 0.5) is 0 Å². The molecule has 21 heavy (non-hydrogen) atoms. The topological polar surface area (TPSA) is 28.9 Å². The van der Waals surface area contributed by atoms with Crippen LogP contribution < -0.4 is 0 Å². The van der Waals surface area contributed by atoms with Gasteiger partial charge in [-0.25, -0.2) is 0 Å². The summed E-state index contributed by atoms with van der Waals surface area (Å²) in [4.78, 5) is 3.51. The fourth-order valence-electron chi connectivity index (χ4n) is 3.23. The normalized spacial score (nSPS) is 12.0. The summed E-state index contributed by atoms with van der Waals surface area (Å²) in [5, 5.41) is 4.82. The summed E-state index contributed by atoms with van der Waals surface area (Å²) in [5.41, 5.74) is 5.50. The lowest BCUT2D eigenvalue weighted by Crippen LogP contribution is -1.71. The number of para-hydroxylation sites is 1. The molecule has 0 radical (unpaired) electrons. The van der Waals surface area contributed by atoms with Crippen LogP contribution in [0.15, 0.2) is 59.0 Å². The number of hydrogen-bond donors (Lipinski definition) is 1. The van der Waals surface area contributed by atoms with Gasteiger partial charge in [-0.15, -0.1) is 0 Å². The molecule has 0 spiro atoms. The number of rotatable bonds is 0. The van der Waals surface area contributed by atoms with Crippen LogP contribution in [-0.4, -0.2) is 4.98 Å². The number of benzene rings is 3. The van der Waals surface area contributed by atoms with Gasteiger partial charge in [0.2, 0.25) is 0 Å². The maximum atomic E-state index is 6.00. The highest BCUT2D eigenvalue weighted by molar-refractivity contribution is 6.15. The average Bonchev–Trinajstić information content (AvgIpc) is 3.02. The van der Waals surface area contributed by atoms with Gasteiger partial charge in [0.05, 0.1) is 0 Å². The minimum absolute atomic E-state index is 0.945. The molecule has 0 saturated heterocycles. The first kappa shape index (κ1) is 11.0. The molecular formula is C19H13NO. The van der Waals surface area contributed by atoms with Crippen LogP contribution in [0.2, 0.25) is 0 Å². The minimum atomic E-state index is 0.945. The highest BCUT2D eigenvalue weighted by Gasteiger charge is 2.11. The molecule has 0 aliphatic rings. The van der Waals surface area contributed by atoms with Gasteiger partial charge in [0.25, 0.3) is 0 Å². The largest absolute Gasteiger partial charge is 0.456 e. The van der Waals surface area contributed by atoms with E-state index in [-0.39, 0.29) is 0 Å². The molecule has 0 amide bonds. The standard InChI is InChI=1S/C19H13NO/c1-11-6-7-16-13(8-11)14-10-19-15(9-17(14)20-16)12-4-2-3-5-18(12)21-19/h2-10,20H,1H3. The van der Waals surface area contributed by atoms with Crippen molar-refractivity contribution in [3.05, 3.63) is 60.2 Å². The Kier molecular flexibility index (Phi) is 1.92. The second-order valence-electron chi connectivity index (χ2n) is 5.67. The van der Waals surface area contributed by atoms with E-state index in [0.717, 1.165) is 16.7 Å². The van der Waals surface area contributed by atoms with Crippen LogP contribution in [0.1, 0.15) is 5.56 Å². The molecule has 5 rings (SSSR count). The first-order chi connectivity index (χ1) is 10.3. The molecular weight excluding hydrogens is 258 g/mol. The van der Waals surface area contributed by atoms with Crippen LogP contribution in [0.3, 0.4) is 0 Å². The van der Waals surface area contributed by atoms with E-state index >= 15 is 0 Å². The van der Waals surface area contributed by atoms with Gasteiger partial charge in [0, 0.05) is 32.6 Å². The Bertz CT molecular complexity index is 1140. The van der Waals surface area contributed by atoms with Crippen molar-refractivity contribution in [3.8, 4) is 0 Å². The Hall–Kier alpha value is -2.74. The summed E-state index contributed by atoms with van der Waals surface area (Å²) >= 11 is 0. The fraction of sp³-hybridized carbons (Fsp3) is 0.0526. The molecule has 2 heteroatoms. The second-order valence-corrected chi connectivity index (χ2v) is 5.67. The Morgan fingerprint density at radius 2 is 1.57 bits per heavy atom. The minimum Gasteiger partial charge on any atom is -0.456 e. The van der Waals surface area contributed by atoms with Crippen LogP contribution in [0, 0.1) is 6.92 Å². The van der Waals surface area contributed by atoms with Crippen molar-refractivity contribution in [3.63, 3.8) is 0 Å². The van der Waals surface area contributed by atoms with Crippen LogP contribution in [-0.2, 0) is 0 Å². The number of fused-ring (bicyclic) bond motifs is 6. The number of furan rings is 1. The fourth-order valence-corrected chi connectivity index (χ4v) is 3.23. The van der Waals surface area contributed by atoms with Crippen molar-refractivity contribution in [2.45, 2.75) is 6.92 Å². The zero-order chi connectivity index (χ0) is 14.0. The summed E-state index contributed by atoms with van der Waals surface area (Å²) in [5.74, 6) is 0. The predicted molar refractivity (Wildman–Crippen MR) is 87.8 cm³/mol. The Morgan fingerprint density at radius 1 is 0.714 bits per heavy atom. The molecule has 1 N–H and O–H groups in total. The molecule has 0 saturated carbocycles. The molecule has 100 valence electrons. The lowest BCUT2D eigenvalue weighted by molar-refractivity contribution is 0.669. The predicted octanol–water partition coefficient (Wildman–Crippen LogP) is 5.53. The molecule has 5 aromatic rings. The van der Waals surface area contributed by atoms with E-state index in [1.165, 1.54) is 32.6 Å². The number of aryl methyl sites for hydroxylation is 1. The molecule has 2 heterocycles. The molecule has 0 fully saturated rings. The highest BCUT2D eigenvalue weighted by Crippen LogP contribution is 2.34. The maximum Gasteiger partial charge on any atom is 0.136 e. The van der Waals surface area contributed by atoms with Gasteiger partial charge in [0.1, 0.15) is 11.2 Å². The van der Waals surface area contributed by atoms with Gasteiger partial charge in [-0.2, -0.15) is 0 Å². The monoisotopic (exact) mass is 271 g/mol. The molecule has 0 atom stereocenters. The van der Waals surface area contributed by atoms with Crippen molar-refractivity contribution in [1.29, 1.82) is 0 Å². The van der Waals surface area contributed by atoms with E-state index in [4.69, 9.17) is 4.42 Å². The van der Waals surface area contributed by atoms with E-state index in [9.17, 15) is 0 Å². The summed E-state index contributed by atoms with van der Waals surface area (Å²) in [6.07, 6.45) is 0. The Labute approximate surface area is 121 Å². The lowest BCUT2D eigenvalue weighted by Gasteiger charge is -1.94. The molecule has 3 aromatic carbocycles. The summed E-state index contributed by atoms with van der Waals surface area (Å²) in [7, 11) is 0. The van der Waals surface area contributed by atoms with Crippen molar-refractivity contribution in [2.75, 3.05) is 0 Å². The third-order valence-electron chi connectivity index (χ3n) is 4.25. The molecule has 0 aliphatic carbocycles. The van der Waals surface area contributed by atoms with Crippen molar-refractivity contribution in [1.82, 2.24) is 4.98 Å². The number of aromatic amines is 1. The van der Waals surface area contributed by atoms with E-state index in [0.29, 0.717) is 0 Å². The van der Waals surface area contributed by atoms with Gasteiger partial charge in [0.15, 0.2) is 0 Å². The SMILES string of the molecule is Cc1ccc2[nH]c3cc4c(cc3c2c1)oc1ccccc14.